The maximum absolute atomic E-state index is 10.3. The molecule has 0 spiro atoms. The Labute approximate surface area is 153 Å². The molecular weight excluding hydrogens is 314 g/mol. The summed E-state index contributed by atoms with van der Waals surface area (Å²) in [5, 5.41) is 17.0. The summed E-state index contributed by atoms with van der Waals surface area (Å²) >= 11 is 0. The van der Waals surface area contributed by atoms with Crippen LogP contribution >= 0.6 is 0 Å². The normalized spacial score (nSPS) is 10.2. The molecule has 0 fully saturated rings. The summed E-state index contributed by atoms with van der Waals surface area (Å²) in [5.41, 5.74) is 6.17. The van der Waals surface area contributed by atoms with Gasteiger partial charge in [0.15, 0.2) is 0 Å². The molecule has 0 aliphatic heterocycles. The van der Waals surface area contributed by atoms with Crippen molar-refractivity contribution >= 4 is 11.7 Å². The standard InChI is InChI=1S/C14H30O.C7H7NO2/c1-2-3-4-5-6-7-8-9-10-11-12-13-14-15;8-6-3-1-5(2-4-6)7(9)10/h15H,2-14H2,1H3;1-4H,8H2,(H,9,10). The Balaban J connectivity index is 0.000000496. The van der Waals surface area contributed by atoms with E-state index in [0.717, 1.165) is 6.42 Å². The van der Waals surface area contributed by atoms with Crippen LogP contribution in [0.25, 0.3) is 0 Å². The minimum Gasteiger partial charge on any atom is -0.478 e. The van der Waals surface area contributed by atoms with Crippen molar-refractivity contribution in [3.63, 3.8) is 0 Å². The molecule has 0 atom stereocenters. The fourth-order valence-corrected chi connectivity index (χ4v) is 2.58. The van der Waals surface area contributed by atoms with Crippen LogP contribution in [0.15, 0.2) is 24.3 Å². The molecular formula is C21H37NO3. The molecule has 4 heteroatoms. The van der Waals surface area contributed by atoms with Gasteiger partial charge in [-0.3, -0.25) is 0 Å². The van der Waals surface area contributed by atoms with Crippen molar-refractivity contribution < 1.29 is 15.0 Å². The van der Waals surface area contributed by atoms with Gasteiger partial charge in [-0.05, 0) is 30.7 Å². The van der Waals surface area contributed by atoms with Gasteiger partial charge in [-0.25, -0.2) is 4.79 Å². The van der Waals surface area contributed by atoms with Crippen LogP contribution in [-0.2, 0) is 0 Å². The number of aromatic carboxylic acids is 1. The molecule has 0 saturated carbocycles. The smallest absolute Gasteiger partial charge is 0.335 e. The van der Waals surface area contributed by atoms with Gasteiger partial charge in [0, 0.05) is 12.3 Å². The average molecular weight is 352 g/mol. The first kappa shape index (κ1) is 23.4. The number of hydrogen-bond acceptors (Lipinski definition) is 3. The largest absolute Gasteiger partial charge is 0.478 e. The number of anilines is 1. The summed E-state index contributed by atoms with van der Waals surface area (Å²) in [7, 11) is 0. The van der Waals surface area contributed by atoms with Crippen LogP contribution in [0.2, 0.25) is 0 Å². The molecule has 0 aliphatic carbocycles. The van der Waals surface area contributed by atoms with Crippen molar-refractivity contribution in [1.82, 2.24) is 0 Å². The zero-order valence-electron chi connectivity index (χ0n) is 15.9. The van der Waals surface area contributed by atoms with E-state index < -0.39 is 5.97 Å². The predicted octanol–water partition coefficient (Wildman–Crippen LogP) is 5.65. The first-order valence-electron chi connectivity index (χ1n) is 9.81. The van der Waals surface area contributed by atoms with Crippen molar-refractivity contribution in [3.05, 3.63) is 29.8 Å². The summed E-state index contributed by atoms with van der Waals surface area (Å²) in [6.07, 6.45) is 16.2. The highest BCUT2D eigenvalue weighted by Gasteiger charge is 1.98. The Bertz CT molecular complexity index is 406. The molecule has 0 amide bonds. The zero-order chi connectivity index (χ0) is 18.8. The molecule has 0 heterocycles. The molecule has 144 valence electrons. The van der Waals surface area contributed by atoms with Crippen molar-refractivity contribution in [3.8, 4) is 0 Å². The number of carboxylic acids is 1. The summed E-state index contributed by atoms with van der Waals surface area (Å²) in [5.74, 6) is -0.931. The number of aliphatic hydroxyl groups is 1. The first-order valence-corrected chi connectivity index (χ1v) is 9.81. The molecule has 1 aromatic carbocycles. The Morgan fingerprint density at radius 3 is 1.56 bits per heavy atom. The second-order valence-electron chi connectivity index (χ2n) is 6.54. The molecule has 0 aliphatic rings. The number of rotatable bonds is 13. The van der Waals surface area contributed by atoms with Gasteiger partial charge >= 0.3 is 5.97 Å². The Morgan fingerprint density at radius 2 is 1.20 bits per heavy atom. The highest BCUT2D eigenvalue weighted by atomic mass is 16.4. The average Bonchev–Trinajstić information content (AvgIpc) is 2.61. The zero-order valence-corrected chi connectivity index (χ0v) is 15.9. The van der Waals surface area contributed by atoms with Crippen LogP contribution in [0, 0.1) is 0 Å². The minimum atomic E-state index is -0.931. The number of unbranched alkanes of at least 4 members (excludes halogenated alkanes) is 11. The van der Waals surface area contributed by atoms with Crippen LogP contribution in [0.3, 0.4) is 0 Å². The van der Waals surface area contributed by atoms with Gasteiger partial charge in [0.05, 0.1) is 5.56 Å². The van der Waals surface area contributed by atoms with Gasteiger partial charge in [0.2, 0.25) is 0 Å². The van der Waals surface area contributed by atoms with Crippen molar-refractivity contribution in [2.75, 3.05) is 12.3 Å². The lowest BCUT2D eigenvalue weighted by Gasteiger charge is -2.01. The predicted molar refractivity (Wildman–Crippen MR) is 106 cm³/mol. The molecule has 25 heavy (non-hydrogen) atoms. The molecule has 1 rings (SSSR count). The summed E-state index contributed by atoms with van der Waals surface area (Å²) < 4.78 is 0. The molecule has 0 radical (unpaired) electrons. The van der Waals surface area contributed by atoms with Gasteiger partial charge in [0.25, 0.3) is 0 Å². The molecule has 4 N–H and O–H groups in total. The number of nitrogens with two attached hydrogens (primary N) is 1. The maximum atomic E-state index is 10.3. The third kappa shape index (κ3) is 15.7. The Kier molecular flexibility index (Phi) is 16.2. The second kappa shape index (κ2) is 17.3. The quantitative estimate of drug-likeness (QED) is 0.317. The number of nitrogen functional groups attached to an aromatic ring is 1. The van der Waals surface area contributed by atoms with E-state index in [2.05, 4.69) is 6.92 Å². The van der Waals surface area contributed by atoms with Gasteiger partial charge in [0.1, 0.15) is 0 Å². The van der Waals surface area contributed by atoms with Crippen LogP contribution < -0.4 is 5.73 Å². The Morgan fingerprint density at radius 1 is 0.800 bits per heavy atom. The summed E-state index contributed by atoms with van der Waals surface area (Å²) in [6.45, 7) is 2.64. The van der Waals surface area contributed by atoms with E-state index >= 15 is 0 Å². The lowest BCUT2D eigenvalue weighted by Crippen LogP contribution is -1.95. The molecule has 0 unspecified atom stereocenters. The van der Waals surface area contributed by atoms with E-state index in [-0.39, 0.29) is 5.56 Å². The molecule has 0 aromatic heterocycles. The molecule has 0 bridgehead atoms. The molecule has 1 aromatic rings. The highest BCUT2D eigenvalue weighted by Crippen LogP contribution is 2.11. The number of carboxylic acid groups (broad SMARTS) is 1. The first-order chi connectivity index (χ1) is 12.1. The summed E-state index contributed by atoms with van der Waals surface area (Å²) in [4.78, 5) is 10.3. The lowest BCUT2D eigenvalue weighted by atomic mass is 10.1. The molecule has 4 nitrogen and oxygen atoms in total. The van der Waals surface area contributed by atoms with Gasteiger partial charge < -0.3 is 15.9 Å². The number of benzene rings is 1. The Hall–Kier alpha value is -1.55. The van der Waals surface area contributed by atoms with Gasteiger partial charge in [-0.15, -0.1) is 0 Å². The van der Waals surface area contributed by atoms with Crippen LogP contribution in [0.4, 0.5) is 5.69 Å². The van der Waals surface area contributed by atoms with E-state index in [1.165, 1.54) is 82.8 Å². The summed E-state index contributed by atoms with van der Waals surface area (Å²) in [6, 6.07) is 6.06. The van der Waals surface area contributed by atoms with E-state index in [0.29, 0.717) is 12.3 Å². The van der Waals surface area contributed by atoms with E-state index in [9.17, 15) is 4.79 Å². The fraction of sp³-hybridized carbons (Fsp3) is 0.667. The number of carbonyl (C=O) groups is 1. The SMILES string of the molecule is CCCCCCCCCCCCCCO.Nc1ccc(C(=O)O)cc1. The number of aliphatic hydroxyl groups excluding tert-OH is 1. The van der Waals surface area contributed by atoms with E-state index in [1.54, 1.807) is 12.1 Å². The van der Waals surface area contributed by atoms with E-state index in [1.807, 2.05) is 0 Å². The minimum absolute atomic E-state index is 0.259. The van der Waals surface area contributed by atoms with Crippen LogP contribution in [-0.4, -0.2) is 22.8 Å². The number of hydrogen-bond donors (Lipinski definition) is 3. The third-order valence-electron chi connectivity index (χ3n) is 4.17. The van der Waals surface area contributed by atoms with E-state index in [4.69, 9.17) is 15.9 Å². The third-order valence-corrected chi connectivity index (χ3v) is 4.17. The van der Waals surface area contributed by atoms with Crippen molar-refractivity contribution in [1.29, 1.82) is 0 Å². The fourth-order valence-electron chi connectivity index (χ4n) is 2.58. The van der Waals surface area contributed by atoms with Crippen LogP contribution in [0.1, 0.15) is 94.3 Å². The highest BCUT2D eigenvalue weighted by molar-refractivity contribution is 5.87. The van der Waals surface area contributed by atoms with Crippen molar-refractivity contribution in [2.24, 2.45) is 0 Å². The monoisotopic (exact) mass is 351 g/mol. The van der Waals surface area contributed by atoms with Crippen molar-refractivity contribution in [2.45, 2.75) is 84.0 Å². The van der Waals surface area contributed by atoms with Gasteiger partial charge in [-0.1, -0.05) is 77.6 Å². The second-order valence-corrected chi connectivity index (χ2v) is 6.54. The van der Waals surface area contributed by atoms with Crippen LogP contribution in [0.5, 0.6) is 0 Å². The molecule has 0 saturated heterocycles. The van der Waals surface area contributed by atoms with Gasteiger partial charge in [-0.2, -0.15) is 0 Å². The maximum Gasteiger partial charge on any atom is 0.335 e. The lowest BCUT2D eigenvalue weighted by molar-refractivity contribution is 0.0697. The topological polar surface area (TPSA) is 83.5 Å².